The first kappa shape index (κ1) is 10.7. The molecule has 0 radical (unpaired) electrons. The van der Waals surface area contributed by atoms with Crippen molar-refractivity contribution < 1.29 is 4.42 Å². The molecule has 0 aromatic heterocycles. The van der Waals surface area contributed by atoms with Gasteiger partial charge < -0.3 is 4.42 Å². The van der Waals surface area contributed by atoms with Crippen LogP contribution in [0.5, 0.6) is 0 Å². The summed E-state index contributed by atoms with van der Waals surface area (Å²) in [5.41, 5.74) is 0.991. The molecule has 5 heteroatoms. The zero-order valence-electron chi connectivity index (χ0n) is 9.93. The van der Waals surface area contributed by atoms with E-state index in [4.69, 9.17) is 4.42 Å². The second-order valence-corrected chi connectivity index (χ2v) is 4.27. The van der Waals surface area contributed by atoms with E-state index in [0.29, 0.717) is 11.1 Å². The molecule has 1 aromatic rings. The molecule has 0 saturated heterocycles. The standard InChI is InChI=1S/C13H10N2O3/c1-7-3-4-10-8(5-7)6-9-11(18-10)14-13(17)15(2)12(9)16/h3-6H,1-2H3. The highest BCUT2D eigenvalue weighted by atomic mass is 16.3. The fourth-order valence-electron chi connectivity index (χ4n) is 1.92. The van der Waals surface area contributed by atoms with Gasteiger partial charge in [-0.25, -0.2) is 4.79 Å². The molecular formula is C13H10N2O3. The minimum absolute atomic E-state index is 0.0828. The van der Waals surface area contributed by atoms with Gasteiger partial charge >= 0.3 is 5.69 Å². The van der Waals surface area contributed by atoms with Crippen molar-refractivity contribution >= 4 is 11.0 Å². The highest BCUT2D eigenvalue weighted by Crippen LogP contribution is 2.23. The Morgan fingerprint density at radius 3 is 2.78 bits per heavy atom. The summed E-state index contributed by atoms with van der Waals surface area (Å²) in [6.45, 7) is 1.96. The molecule has 2 aliphatic heterocycles. The molecule has 1 aromatic carbocycles. The van der Waals surface area contributed by atoms with Crippen LogP contribution in [0.15, 0.2) is 38.3 Å². The van der Waals surface area contributed by atoms with Crippen molar-refractivity contribution in [2.24, 2.45) is 7.05 Å². The molecule has 0 N–H and O–H groups in total. The van der Waals surface area contributed by atoms with E-state index >= 15 is 0 Å². The largest absolute Gasteiger partial charge is 0.437 e. The first-order valence-corrected chi connectivity index (χ1v) is 5.47. The fourth-order valence-corrected chi connectivity index (χ4v) is 1.92. The van der Waals surface area contributed by atoms with Crippen molar-refractivity contribution in [3.05, 3.63) is 50.7 Å². The van der Waals surface area contributed by atoms with E-state index in [1.165, 1.54) is 7.05 Å². The lowest BCUT2D eigenvalue weighted by atomic mass is 10.1. The molecular weight excluding hydrogens is 232 g/mol. The summed E-state index contributed by atoms with van der Waals surface area (Å²) >= 11 is 0. The number of aryl methyl sites for hydroxylation is 1. The summed E-state index contributed by atoms with van der Waals surface area (Å²) in [6, 6.07) is 7.32. The van der Waals surface area contributed by atoms with Crippen LogP contribution in [-0.4, -0.2) is 9.55 Å². The summed E-state index contributed by atoms with van der Waals surface area (Å²) < 4.78 is 6.47. The normalized spacial score (nSPS) is 11.2. The van der Waals surface area contributed by atoms with Crippen molar-refractivity contribution in [3.63, 3.8) is 0 Å². The second-order valence-electron chi connectivity index (χ2n) is 4.27. The lowest BCUT2D eigenvalue weighted by Crippen LogP contribution is -2.34. The Bertz CT molecular complexity index is 845. The molecule has 18 heavy (non-hydrogen) atoms. The van der Waals surface area contributed by atoms with Crippen LogP contribution in [0.25, 0.3) is 22.4 Å². The van der Waals surface area contributed by atoms with Crippen LogP contribution in [0, 0.1) is 6.92 Å². The minimum Gasteiger partial charge on any atom is -0.437 e. The highest BCUT2D eigenvalue weighted by Gasteiger charge is 2.15. The molecule has 0 aliphatic carbocycles. The van der Waals surface area contributed by atoms with Gasteiger partial charge in [-0.05, 0) is 25.1 Å². The Morgan fingerprint density at radius 2 is 2.00 bits per heavy atom. The van der Waals surface area contributed by atoms with Gasteiger partial charge in [-0.2, -0.15) is 4.98 Å². The van der Waals surface area contributed by atoms with Crippen LogP contribution in [0.4, 0.5) is 0 Å². The monoisotopic (exact) mass is 242 g/mol. The molecule has 90 valence electrons. The van der Waals surface area contributed by atoms with Crippen molar-refractivity contribution in [1.29, 1.82) is 0 Å². The predicted molar refractivity (Wildman–Crippen MR) is 66.9 cm³/mol. The minimum atomic E-state index is -0.609. The maximum Gasteiger partial charge on any atom is 0.353 e. The zero-order chi connectivity index (χ0) is 12.9. The smallest absolute Gasteiger partial charge is 0.353 e. The lowest BCUT2D eigenvalue weighted by molar-refractivity contribution is 0.582. The fraction of sp³-hybridized carbons (Fsp3) is 0.154. The van der Waals surface area contributed by atoms with Crippen LogP contribution in [0.3, 0.4) is 0 Å². The predicted octanol–water partition coefficient (Wildman–Crippen LogP) is 1.30. The van der Waals surface area contributed by atoms with Gasteiger partial charge in [0, 0.05) is 12.4 Å². The molecule has 0 fully saturated rings. The molecule has 0 amide bonds. The van der Waals surface area contributed by atoms with E-state index in [0.717, 1.165) is 15.5 Å². The summed E-state index contributed by atoms with van der Waals surface area (Å²) in [4.78, 5) is 27.1. The third-order valence-corrected chi connectivity index (χ3v) is 2.92. The summed E-state index contributed by atoms with van der Waals surface area (Å²) in [7, 11) is 1.40. The van der Waals surface area contributed by atoms with Crippen LogP contribution in [-0.2, 0) is 7.05 Å². The quantitative estimate of drug-likeness (QED) is 0.557. The average molecular weight is 242 g/mol. The van der Waals surface area contributed by atoms with Gasteiger partial charge in [-0.15, -0.1) is 0 Å². The third kappa shape index (κ3) is 1.44. The lowest BCUT2D eigenvalue weighted by Gasteiger charge is -2.06. The number of benzene rings is 1. The van der Waals surface area contributed by atoms with Gasteiger partial charge in [0.1, 0.15) is 11.1 Å². The SMILES string of the molecule is Cc1ccc2oc3nc(=O)n(C)c(=O)c-3cc2c1. The first-order chi connectivity index (χ1) is 8.56. The van der Waals surface area contributed by atoms with Crippen molar-refractivity contribution in [1.82, 2.24) is 9.55 Å². The van der Waals surface area contributed by atoms with Crippen molar-refractivity contribution in [2.45, 2.75) is 6.92 Å². The van der Waals surface area contributed by atoms with Gasteiger partial charge in [0.05, 0.1) is 0 Å². The molecule has 0 unspecified atom stereocenters. The van der Waals surface area contributed by atoms with E-state index in [1.807, 2.05) is 19.1 Å². The van der Waals surface area contributed by atoms with E-state index in [9.17, 15) is 9.59 Å². The molecule has 5 nitrogen and oxygen atoms in total. The molecule has 0 spiro atoms. The summed E-state index contributed by atoms with van der Waals surface area (Å²) in [5, 5.41) is 0.819. The Morgan fingerprint density at radius 1 is 1.22 bits per heavy atom. The number of hydrogen-bond donors (Lipinski definition) is 0. The number of fused-ring (bicyclic) bond motifs is 2. The number of rotatable bonds is 0. The molecule has 2 heterocycles. The van der Waals surface area contributed by atoms with Crippen LogP contribution in [0.1, 0.15) is 5.56 Å². The Balaban J connectivity index is 2.54. The number of aromatic nitrogens is 2. The summed E-state index contributed by atoms with van der Waals surface area (Å²) in [5.74, 6) is 0.0828. The first-order valence-electron chi connectivity index (χ1n) is 5.47. The van der Waals surface area contributed by atoms with Crippen molar-refractivity contribution in [3.8, 4) is 11.5 Å². The number of hydrogen-bond acceptors (Lipinski definition) is 4. The Hall–Kier alpha value is -2.43. The maximum absolute atomic E-state index is 11.9. The highest BCUT2D eigenvalue weighted by molar-refractivity contribution is 5.82. The van der Waals surface area contributed by atoms with Crippen LogP contribution in [0.2, 0.25) is 0 Å². The van der Waals surface area contributed by atoms with Gasteiger partial charge in [-0.1, -0.05) is 11.6 Å². The topological polar surface area (TPSA) is 65.1 Å². The van der Waals surface area contributed by atoms with E-state index in [1.54, 1.807) is 12.1 Å². The Labute approximate surface area is 102 Å². The van der Waals surface area contributed by atoms with E-state index < -0.39 is 11.2 Å². The van der Waals surface area contributed by atoms with E-state index in [2.05, 4.69) is 4.98 Å². The number of nitrogens with zero attached hydrogens (tertiary/aromatic N) is 2. The molecule has 0 bridgehead atoms. The second kappa shape index (κ2) is 3.53. The molecule has 3 rings (SSSR count). The van der Waals surface area contributed by atoms with Crippen LogP contribution < -0.4 is 11.2 Å². The summed E-state index contributed by atoms with van der Waals surface area (Å²) in [6.07, 6.45) is 0. The van der Waals surface area contributed by atoms with Gasteiger partial charge in [0.2, 0.25) is 5.89 Å². The van der Waals surface area contributed by atoms with Crippen molar-refractivity contribution in [2.75, 3.05) is 0 Å². The van der Waals surface area contributed by atoms with Gasteiger partial charge in [0.25, 0.3) is 5.56 Å². The van der Waals surface area contributed by atoms with Gasteiger partial charge in [-0.3, -0.25) is 9.36 Å². The molecule has 2 aliphatic rings. The van der Waals surface area contributed by atoms with E-state index in [-0.39, 0.29) is 5.89 Å². The third-order valence-electron chi connectivity index (χ3n) is 2.92. The van der Waals surface area contributed by atoms with Gasteiger partial charge in [0.15, 0.2) is 0 Å². The average Bonchev–Trinajstić information content (AvgIpc) is 2.35. The van der Waals surface area contributed by atoms with Crippen LogP contribution >= 0.6 is 0 Å². The molecule has 0 atom stereocenters. The Kier molecular flexibility index (Phi) is 2.10. The zero-order valence-corrected chi connectivity index (χ0v) is 9.93. The molecule has 0 saturated carbocycles. The maximum atomic E-state index is 11.9.